The summed E-state index contributed by atoms with van der Waals surface area (Å²) in [4.78, 5) is 28.3. The Morgan fingerprint density at radius 1 is 1.00 bits per heavy atom. The summed E-state index contributed by atoms with van der Waals surface area (Å²) in [7, 11) is 0. The summed E-state index contributed by atoms with van der Waals surface area (Å²) >= 11 is 12.8. The third-order valence-corrected chi connectivity index (χ3v) is 7.24. The largest absolute Gasteiger partial charge is 0.352 e. The van der Waals surface area contributed by atoms with E-state index in [0.717, 1.165) is 37.7 Å². The number of amides is 2. The molecule has 1 atom stereocenters. The summed E-state index contributed by atoms with van der Waals surface area (Å²) in [6.07, 6.45) is 6.72. The number of carbonyl (C=O) groups excluding carboxylic acids is 2. The van der Waals surface area contributed by atoms with E-state index in [-0.39, 0.29) is 24.4 Å². The average Bonchev–Trinajstić information content (AvgIpc) is 3.32. The highest BCUT2D eigenvalue weighted by molar-refractivity contribution is 6.36. The van der Waals surface area contributed by atoms with E-state index in [1.165, 1.54) is 5.56 Å². The van der Waals surface area contributed by atoms with E-state index >= 15 is 0 Å². The van der Waals surface area contributed by atoms with E-state index in [1.54, 1.807) is 23.1 Å². The second-order valence-corrected chi connectivity index (χ2v) is 9.62. The second kappa shape index (κ2) is 12.4. The first-order chi connectivity index (χ1) is 15.9. The molecule has 1 aliphatic rings. The Morgan fingerprint density at radius 3 is 2.18 bits per heavy atom. The molecule has 0 spiro atoms. The standard InChI is InChI=1S/C27H34Cl2N2O2/c1-3-19-12-14-20(15-13-19)16-17-26(32)31(18-22-23(28)10-7-11-24(22)29)25(4-2)27(33)30-21-8-5-6-9-21/h7,10-15,21,25H,3-6,8-9,16-18H2,1-2H3,(H,30,33)/t25-/m1/s1. The van der Waals surface area contributed by atoms with Gasteiger partial charge in [0.25, 0.3) is 0 Å². The van der Waals surface area contributed by atoms with E-state index in [9.17, 15) is 9.59 Å². The third-order valence-electron chi connectivity index (χ3n) is 6.54. The lowest BCUT2D eigenvalue weighted by atomic mass is 10.0. The fraction of sp³-hybridized carbons (Fsp3) is 0.481. The number of hydrogen-bond acceptors (Lipinski definition) is 2. The Hall–Kier alpha value is -2.04. The zero-order valence-electron chi connectivity index (χ0n) is 19.6. The molecule has 1 saturated carbocycles. The molecule has 33 heavy (non-hydrogen) atoms. The molecular weight excluding hydrogens is 455 g/mol. The van der Waals surface area contributed by atoms with Crippen molar-refractivity contribution in [3.05, 3.63) is 69.2 Å². The quantitative estimate of drug-likeness (QED) is 0.423. The monoisotopic (exact) mass is 488 g/mol. The molecule has 178 valence electrons. The summed E-state index contributed by atoms with van der Waals surface area (Å²) in [5, 5.41) is 4.17. The topological polar surface area (TPSA) is 49.4 Å². The first-order valence-corrected chi connectivity index (χ1v) is 12.8. The highest BCUT2D eigenvalue weighted by atomic mass is 35.5. The van der Waals surface area contributed by atoms with Crippen LogP contribution in [0.25, 0.3) is 0 Å². The van der Waals surface area contributed by atoms with Gasteiger partial charge in [0.15, 0.2) is 0 Å². The summed E-state index contributed by atoms with van der Waals surface area (Å²) in [6.45, 7) is 4.28. The molecule has 1 N–H and O–H groups in total. The molecule has 0 saturated heterocycles. The first kappa shape index (κ1) is 25.6. The minimum absolute atomic E-state index is 0.0704. The number of halogens is 2. The van der Waals surface area contributed by atoms with E-state index in [0.29, 0.717) is 34.9 Å². The lowest BCUT2D eigenvalue weighted by Crippen LogP contribution is -2.51. The van der Waals surface area contributed by atoms with Crippen LogP contribution in [0.4, 0.5) is 0 Å². The van der Waals surface area contributed by atoms with E-state index in [4.69, 9.17) is 23.2 Å². The molecule has 4 nitrogen and oxygen atoms in total. The van der Waals surface area contributed by atoms with E-state index in [2.05, 4.69) is 36.5 Å². The van der Waals surface area contributed by atoms with Crippen LogP contribution in [0.2, 0.25) is 10.0 Å². The summed E-state index contributed by atoms with van der Waals surface area (Å²) in [6, 6.07) is 13.3. The van der Waals surface area contributed by atoms with Crippen LogP contribution in [-0.4, -0.2) is 28.8 Å². The highest BCUT2D eigenvalue weighted by Crippen LogP contribution is 2.28. The number of carbonyl (C=O) groups is 2. The molecule has 0 radical (unpaired) electrons. The molecule has 2 aromatic carbocycles. The van der Waals surface area contributed by atoms with Crippen LogP contribution < -0.4 is 5.32 Å². The van der Waals surface area contributed by atoms with Crippen LogP contribution in [0.5, 0.6) is 0 Å². The minimum atomic E-state index is -0.562. The highest BCUT2D eigenvalue weighted by Gasteiger charge is 2.31. The van der Waals surface area contributed by atoms with E-state index < -0.39 is 6.04 Å². The SMILES string of the molecule is CCc1ccc(CCC(=O)N(Cc2c(Cl)cccc2Cl)[C@H](CC)C(=O)NC2CCCC2)cc1. The molecule has 6 heteroatoms. The Bertz CT molecular complexity index is 919. The predicted molar refractivity (Wildman–Crippen MR) is 136 cm³/mol. The van der Waals surface area contributed by atoms with Gasteiger partial charge in [-0.2, -0.15) is 0 Å². The van der Waals surface area contributed by atoms with Crippen LogP contribution in [0.3, 0.4) is 0 Å². The first-order valence-electron chi connectivity index (χ1n) is 12.0. The summed E-state index contributed by atoms with van der Waals surface area (Å²) in [5.41, 5.74) is 3.06. The molecule has 0 aromatic heterocycles. The number of rotatable bonds is 10. The zero-order valence-corrected chi connectivity index (χ0v) is 21.1. The summed E-state index contributed by atoms with van der Waals surface area (Å²) in [5.74, 6) is -0.160. The Labute approximate surface area is 207 Å². The Morgan fingerprint density at radius 2 is 1.61 bits per heavy atom. The molecule has 2 aromatic rings. The van der Waals surface area contributed by atoms with Crippen LogP contribution in [0, 0.1) is 0 Å². The van der Waals surface area contributed by atoms with Gasteiger partial charge in [-0.1, -0.05) is 80.2 Å². The maximum Gasteiger partial charge on any atom is 0.243 e. The maximum atomic E-state index is 13.5. The van der Waals surface area contributed by atoms with Gasteiger partial charge in [-0.25, -0.2) is 0 Å². The Kier molecular flexibility index (Phi) is 9.64. The number of benzene rings is 2. The van der Waals surface area contributed by atoms with Crippen molar-refractivity contribution in [2.45, 2.75) is 83.8 Å². The van der Waals surface area contributed by atoms with Gasteiger partial charge < -0.3 is 10.2 Å². The van der Waals surface area contributed by atoms with Gasteiger partial charge in [0, 0.05) is 34.6 Å². The van der Waals surface area contributed by atoms with Gasteiger partial charge in [-0.3, -0.25) is 9.59 Å². The molecular formula is C27H34Cl2N2O2. The molecule has 3 rings (SSSR count). The van der Waals surface area contributed by atoms with Gasteiger partial charge in [0.2, 0.25) is 11.8 Å². The van der Waals surface area contributed by atoms with Crippen LogP contribution >= 0.6 is 23.2 Å². The van der Waals surface area contributed by atoms with Crippen molar-refractivity contribution >= 4 is 35.0 Å². The van der Waals surface area contributed by atoms with Crippen LogP contribution in [0.1, 0.15) is 69.1 Å². The number of nitrogens with zero attached hydrogens (tertiary/aromatic N) is 1. The number of hydrogen-bond donors (Lipinski definition) is 1. The molecule has 0 unspecified atom stereocenters. The smallest absolute Gasteiger partial charge is 0.243 e. The molecule has 0 heterocycles. The normalized spacial score (nSPS) is 14.8. The van der Waals surface area contributed by atoms with Gasteiger partial charge >= 0.3 is 0 Å². The zero-order chi connectivity index (χ0) is 23.8. The second-order valence-electron chi connectivity index (χ2n) is 8.81. The van der Waals surface area contributed by atoms with Gasteiger partial charge in [0.1, 0.15) is 6.04 Å². The van der Waals surface area contributed by atoms with Crippen molar-refractivity contribution in [3.63, 3.8) is 0 Å². The lowest BCUT2D eigenvalue weighted by Gasteiger charge is -2.32. The summed E-state index contributed by atoms with van der Waals surface area (Å²) < 4.78 is 0. The fourth-order valence-electron chi connectivity index (χ4n) is 4.48. The van der Waals surface area contributed by atoms with Crippen molar-refractivity contribution in [1.82, 2.24) is 10.2 Å². The number of aryl methyl sites for hydroxylation is 2. The van der Waals surface area contributed by atoms with Crippen molar-refractivity contribution in [2.75, 3.05) is 0 Å². The van der Waals surface area contributed by atoms with Crippen molar-refractivity contribution in [3.8, 4) is 0 Å². The third kappa shape index (κ3) is 6.97. The van der Waals surface area contributed by atoms with Gasteiger partial charge in [-0.05, 0) is 55.4 Å². The predicted octanol–water partition coefficient (Wildman–Crippen LogP) is 6.35. The molecule has 1 fully saturated rings. The molecule has 0 bridgehead atoms. The maximum absolute atomic E-state index is 13.5. The molecule has 0 aliphatic heterocycles. The van der Waals surface area contributed by atoms with Crippen molar-refractivity contribution in [1.29, 1.82) is 0 Å². The lowest BCUT2D eigenvalue weighted by molar-refractivity contribution is -0.141. The molecule has 2 amide bonds. The fourth-order valence-corrected chi connectivity index (χ4v) is 4.99. The minimum Gasteiger partial charge on any atom is -0.352 e. The van der Waals surface area contributed by atoms with Crippen molar-refractivity contribution in [2.24, 2.45) is 0 Å². The van der Waals surface area contributed by atoms with E-state index in [1.807, 2.05) is 6.92 Å². The van der Waals surface area contributed by atoms with Crippen molar-refractivity contribution < 1.29 is 9.59 Å². The van der Waals surface area contributed by atoms with Gasteiger partial charge in [-0.15, -0.1) is 0 Å². The Balaban J connectivity index is 1.79. The molecule has 1 aliphatic carbocycles. The van der Waals surface area contributed by atoms with Crippen LogP contribution in [-0.2, 0) is 29.0 Å². The van der Waals surface area contributed by atoms with Crippen LogP contribution in [0.15, 0.2) is 42.5 Å². The van der Waals surface area contributed by atoms with Gasteiger partial charge in [0.05, 0.1) is 0 Å². The number of nitrogens with one attached hydrogen (secondary N) is 1. The average molecular weight is 489 g/mol.